The van der Waals surface area contributed by atoms with Gasteiger partial charge in [0.1, 0.15) is 23.4 Å². The van der Waals surface area contributed by atoms with Crippen molar-refractivity contribution < 1.29 is 67.0 Å². The molecule has 1 spiro atoms. The second kappa shape index (κ2) is 9.08. The molecule has 1 aromatic heterocycles. The predicted octanol–water partition coefficient (Wildman–Crippen LogP) is 2.15. The number of furan rings is 1. The Morgan fingerprint density at radius 2 is 1.83 bits per heavy atom. The molecular formula is C34H40O14. The minimum absolute atomic E-state index is 0.100. The SMILES string of the molecule is CCC(=O)O[C@@]12[C@H]3O[C@@]4(C)O[C@@]5(C[C@H](O)[C@]6(C)C(=CC(=O)O[C@H]6c6ccoc6)[C@@]35O4)[C@]3(C)[C@@H](CC(=O)OC)[C@@](C)(C[C@]13O)[C@@H]2OC(C)=O. The minimum Gasteiger partial charge on any atom is -0.472 e. The number of carbonyl (C=O) groups excluding carboxylic acids is 4. The summed E-state index contributed by atoms with van der Waals surface area (Å²) in [5, 5.41) is 25.9. The molecule has 7 aliphatic rings. The van der Waals surface area contributed by atoms with Crippen LogP contribution in [0.3, 0.4) is 0 Å². The van der Waals surface area contributed by atoms with Crippen LogP contribution in [0.1, 0.15) is 78.9 Å². The molecule has 0 aromatic carbocycles. The fraction of sp³-hybridized carbons (Fsp3) is 0.706. The lowest BCUT2D eigenvalue weighted by Gasteiger charge is -2.76. The van der Waals surface area contributed by atoms with Gasteiger partial charge in [0, 0.05) is 55.6 Å². The number of fused-ring (bicyclic) bond motifs is 4. The zero-order valence-electron chi connectivity index (χ0n) is 27.8. The molecule has 13 atom stereocenters. The molecule has 48 heavy (non-hydrogen) atoms. The summed E-state index contributed by atoms with van der Waals surface area (Å²) in [6.07, 6.45) is -1.67. The fourth-order valence-electron chi connectivity index (χ4n) is 11.8. The molecule has 14 heteroatoms. The van der Waals surface area contributed by atoms with Gasteiger partial charge in [-0.05, 0) is 30.9 Å². The summed E-state index contributed by atoms with van der Waals surface area (Å²) in [4.78, 5) is 53.4. The quantitative estimate of drug-likeness (QED) is 0.331. The van der Waals surface area contributed by atoms with Gasteiger partial charge < -0.3 is 47.8 Å². The van der Waals surface area contributed by atoms with Gasteiger partial charge in [-0.2, -0.15) is 0 Å². The molecule has 14 nitrogen and oxygen atoms in total. The highest BCUT2D eigenvalue weighted by atomic mass is 17.0. The van der Waals surface area contributed by atoms with Crippen molar-refractivity contribution in [3.63, 3.8) is 0 Å². The van der Waals surface area contributed by atoms with E-state index in [1.807, 2.05) is 0 Å². The number of hydrogen-bond donors (Lipinski definition) is 2. The molecule has 260 valence electrons. The second-order valence-electron chi connectivity index (χ2n) is 15.2. The average Bonchev–Trinajstić information content (AvgIpc) is 3.78. The first-order valence-corrected chi connectivity index (χ1v) is 16.3. The Labute approximate surface area is 275 Å². The number of carbonyl (C=O) groups is 4. The van der Waals surface area contributed by atoms with Crippen LogP contribution in [-0.4, -0.2) is 87.9 Å². The fourth-order valence-corrected chi connectivity index (χ4v) is 11.8. The standard InChI is InChI=1S/C34H40O14/c1-8-21(37)45-34-25(43-16(2)35)27(3)15-31(34,40)29(5,18(27)11-22(38)41-7)32-13-20(36)28(4)19(33(32)26(34)46-30(6,47-32)48-33)12-23(39)44-24(28)17-9-10-42-14-17/h9-10,12,14,18,20,24-26,36,40H,8,11,13,15H2,1-7H3/t18-,20-,24-,25-,26-,27+,28-,29+,30-,31+,32-,33+,34-/m0/s1. The monoisotopic (exact) mass is 672 g/mol. The molecule has 4 aliphatic carbocycles. The van der Waals surface area contributed by atoms with Crippen molar-refractivity contribution in [3.8, 4) is 0 Å². The van der Waals surface area contributed by atoms with E-state index in [0.717, 1.165) is 0 Å². The van der Waals surface area contributed by atoms with Crippen LogP contribution in [0, 0.1) is 22.2 Å². The van der Waals surface area contributed by atoms with Crippen molar-refractivity contribution in [1.82, 2.24) is 0 Å². The summed E-state index contributed by atoms with van der Waals surface area (Å²) in [5.41, 5.74) is -11.3. The van der Waals surface area contributed by atoms with E-state index in [4.69, 9.17) is 37.6 Å². The Bertz CT molecular complexity index is 1690. The molecule has 8 rings (SSSR count). The van der Waals surface area contributed by atoms with Crippen molar-refractivity contribution in [3.05, 3.63) is 35.8 Å². The van der Waals surface area contributed by atoms with Crippen LogP contribution in [0.4, 0.5) is 0 Å². The summed E-state index contributed by atoms with van der Waals surface area (Å²) >= 11 is 0. The topological polar surface area (TPSA) is 186 Å². The Hall–Kier alpha value is -3.30. The van der Waals surface area contributed by atoms with Crippen LogP contribution in [0.15, 0.2) is 34.7 Å². The predicted molar refractivity (Wildman–Crippen MR) is 156 cm³/mol. The number of methoxy groups -OCH3 is 1. The van der Waals surface area contributed by atoms with Gasteiger partial charge >= 0.3 is 23.9 Å². The number of rotatable bonds is 6. The van der Waals surface area contributed by atoms with Gasteiger partial charge in [0.2, 0.25) is 5.60 Å². The van der Waals surface area contributed by atoms with E-state index in [-0.39, 0.29) is 31.3 Å². The number of esters is 4. The van der Waals surface area contributed by atoms with Crippen molar-refractivity contribution in [1.29, 1.82) is 0 Å². The van der Waals surface area contributed by atoms with Gasteiger partial charge in [0.15, 0.2) is 11.7 Å². The number of cyclic esters (lactones) is 1. The highest BCUT2D eigenvalue weighted by molar-refractivity contribution is 5.86. The summed E-state index contributed by atoms with van der Waals surface area (Å²) in [5.74, 6) is -5.49. The Morgan fingerprint density at radius 3 is 2.46 bits per heavy atom. The van der Waals surface area contributed by atoms with Crippen LogP contribution >= 0.6 is 0 Å². The minimum atomic E-state index is -2.14. The molecule has 3 aliphatic heterocycles. The zero-order chi connectivity index (χ0) is 34.7. The number of hydrogen-bond acceptors (Lipinski definition) is 14. The summed E-state index contributed by atoms with van der Waals surface area (Å²) in [6.45, 7) is 9.57. The normalized spacial score (nSPS) is 51.8. The average molecular weight is 673 g/mol. The number of ether oxygens (including phenoxy) is 7. The third-order valence-corrected chi connectivity index (χ3v) is 13.4. The summed E-state index contributed by atoms with van der Waals surface area (Å²) in [6, 6.07) is 1.63. The lowest BCUT2D eigenvalue weighted by molar-refractivity contribution is -0.446. The molecule has 6 fully saturated rings. The van der Waals surface area contributed by atoms with Crippen LogP contribution in [0.2, 0.25) is 0 Å². The zero-order valence-corrected chi connectivity index (χ0v) is 27.8. The molecule has 4 saturated carbocycles. The molecule has 4 bridgehead atoms. The Morgan fingerprint density at radius 1 is 1.10 bits per heavy atom. The van der Waals surface area contributed by atoms with Gasteiger partial charge in [-0.15, -0.1) is 0 Å². The Balaban J connectivity index is 1.49. The number of aliphatic hydroxyl groups is 2. The first kappa shape index (κ1) is 31.9. The van der Waals surface area contributed by atoms with E-state index in [0.29, 0.717) is 5.56 Å². The maximum atomic E-state index is 13.6. The summed E-state index contributed by atoms with van der Waals surface area (Å²) < 4.78 is 49.4. The smallest absolute Gasteiger partial charge is 0.331 e. The molecule has 0 unspecified atom stereocenters. The summed E-state index contributed by atoms with van der Waals surface area (Å²) in [7, 11) is 1.25. The maximum absolute atomic E-state index is 13.6. The van der Waals surface area contributed by atoms with Gasteiger partial charge in [0.05, 0.1) is 31.2 Å². The van der Waals surface area contributed by atoms with Crippen molar-refractivity contribution in [2.45, 2.75) is 120 Å². The third kappa shape index (κ3) is 3.02. The largest absolute Gasteiger partial charge is 0.472 e. The van der Waals surface area contributed by atoms with E-state index < -0.39 is 98.8 Å². The lowest BCUT2D eigenvalue weighted by Crippen LogP contribution is -2.93. The van der Waals surface area contributed by atoms with Gasteiger partial charge in [-0.25, -0.2) is 4.79 Å². The van der Waals surface area contributed by atoms with Crippen molar-refractivity contribution >= 4 is 23.9 Å². The molecule has 0 radical (unpaired) electrons. The highest BCUT2D eigenvalue weighted by Crippen LogP contribution is 2.88. The van der Waals surface area contributed by atoms with Gasteiger partial charge in [0.25, 0.3) is 5.97 Å². The van der Waals surface area contributed by atoms with E-state index >= 15 is 0 Å². The molecule has 0 amide bonds. The Kier molecular flexibility index (Phi) is 6.04. The third-order valence-electron chi connectivity index (χ3n) is 13.4. The maximum Gasteiger partial charge on any atom is 0.331 e. The second-order valence-corrected chi connectivity index (χ2v) is 15.2. The number of aliphatic hydroxyl groups excluding tert-OH is 1. The molecular weight excluding hydrogens is 632 g/mol. The van der Waals surface area contributed by atoms with Crippen LogP contribution in [0.25, 0.3) is 0 Å². The van der Waals surface area contributed by atoms with E-state index in [1.165, 1.54) is 39.6 Å². The van der Waals surface area contributed by atoms with E-state index in [1.54, 1.807) is 33.8 Å². The van der Waals surface area contributed by atoms with E-state index in [2.05, 4.69) is 0 Å². The van der Waals surface area contributed by atoms with Crippen LogP contribution in [0.5, 0.6) is 0 Å². The van der Waals surface area contributed by atoms with Crippen molar-refractivity contribution in [2.24, 2.45) is 22.2 Å². The highest BCUT2D eigenvalue weighted by Gasteiger charge is 3.03. The van der Waals surface area contributed by atoms with Gasteiger partial charge in [-0.3, -0.25) is 14.4 Å². The molecule has 2 saturated heterocycles. The molecule has 4 heterocycles. The molecule has 2 N–H and O–H groups in total. The van der Waals surface area contributed by atoms with Gasteiger partial charge in [-0.1, -0.05) is 20.8 Å². The van der Waals surface area contributed by atoms with E-state index in [9.17, 15) is 29.4 Å². The first-order valence-electron chi connectivity index (χ1n) is 16.3. The van der Waals surface area contributed by atoms with Crippen LogP contribution < -0.4 is 0 Å². The van der Waals surface area contributed by atoms with Crippen molar-refractivity contribution in [2.75, 3.05) is 7.11 Å². The lowest BCUT2D eigenvalue weighted by atomic mass is 9.34. The molecule has 1 aromatic rings. The first-order chi connectivity index (χ1) is 22.4. The van der Waals surface area contributed by atoms with Crippen LogP contribution in [-0.2, 0) is 52.3 Å².